The maximum Gasteiger partial charge on any atom is 0.0923 e. The molecule has 0 aliphatic carbocycles. The fourth-order valence-electron chi connectivity index (χ4n) is 2.78. The first-order valence-electron chi connectivity index (χ1n) is 7.18. The van der Waals surface area contributed by atoms with Crippen LogP contribution in [0.15, 0.2) is 18.2 Å². The third-order valence-corrected chi connectivity index (χ3v) is 3.57. The van der Waals surface area contributed by atoms with Crippen LogP contribution in [0.5, 0.6) is 0 Å². The number of para-hydroxylation sites is 1. The van der Waals surface area contributed by atoms with Crippen LogP contribution in [0, 0.1) is 13.8 Å². The summed E-state index contributed by atoms with van der Waals surface area (Å²) < 4.78 is 0. The van der Waals surface area contributed by atoms with Crippen LogP contribution in [0.3, 0.4) is 0 Å². The van der Waals surface area contributed by atoms with Gasteiger partial charge in [-0.25, -0.2) is 0 Å². The van der Waals surface area contributed by atoms with Crippen molar-refractivity contribution in [1.82, 2.24) is 4.90 Å². The van der Waals surface area contributed by atoms with Gasteiger partial charge < -0.3 is 11.1 Å². The van der Waals surface area contributed by atoms with Gasteiger partial charge in [-0.3, -0.25) is 4.90 Å². The lowest BCUT2D eigenvalue weighted by Crippen LogP contribution is -2.52. The van der Waals surface area contributed by atoms with Crippen molar-refractivity contribution >= 4 is 5.69 Å². The second-order valence-electron chi connectivity index (χ2n) is 5.80. The lowest BCUT2D eigenvalue weighted by Gasteiger charge is -2.39. The summed E-state index contributed by atoms with van der Waals surface area (Å²) in [6.45, 7) is 13.7. The number of benzene rings is 1. The van der Waals surface area contributed by atoms with E-state index in [1.807, 2.05) is 0 Å². The van der Waals surface area contributed by atoms with Gasteiger partial charge in [0.05, 0.1) is 6.17 Å². The lowest BCUT2D eigenvalue weighted by molar-refractivity contribution is 0.131. The van der Waals surface area contributed by atoms with Gasteiger partial charge in [0.2, 0.25) is 0 Å². The molecular formula is C16H29N3. The molecule has 1 atom stereocenters. The zero-order chi connectivity index (χ0) is 14.6. The highest BCUT2D eigenvalue weighted by Gasteiger charge is 2.23. The summed E-state index contributed by atoms with van der Waals surface area (Å²) in [4.78, 5) is 2.42. The average Bonchev–Trinajstić information content (AvgIpc) is 2.31. The van der Waals surface area contributed by atoms with Crippen molar-refractivity contribution < 1.29 is 0 Å². The third kappa shape index (κ3) is 3.95. The van der Waals surface area contributed by atoms with Gasteiger partial charge in [-0.1, -0.05) is 18.2 Å². The van der Waals surface area contributed by atoms with E-state index in [1.165, 1.54) is 16.8 Å². The molecule has 0 heterocycles. The molecule has 3 N–H and O–H groups in total. The predicted octanol–water partition coefficient (Wildman–Crippen LogP) is 3.12. The number of rotatable bonds is 6. The summed E-state index contributed by atoms with van der Waals surface area (Å²) >= 11 is 0. The van der Waals surface area contributed by atoms with Crippen molar-refractivity contribution in [3.05, 3.63) is 29.3 Å². The van der Waals surface area contributed by atoms with Crippen molar-refractivity contribution in [3.63, 3.8) is 0 Å². The van der Waals surface area contributed by atoms with Crippen molar-refractivity contribution in [3.8, 4) is 0 Å². The van der Waals surface area contributed by atoms with E-state index in [9.17, 15) is 0 Å². The number of nitrogens with two attached hydrogens (primary N) is 1. The Morgan fingerprint density at radius 2 is 1.53 bits per heavy atom. The molecule has 0 saturated carbocycles. The van der Waals surface area contributed by atoms with E-state index in [0.717, 1.165) is 0 Å². The molecule has 19 heavy (non-hydrogen) atoms. The van der Waals surface area contributed by atoms with Gasteiger partial charge in [0.1, 0.15) is 0 Å². The summed E-state index contributed by atoms with van der Waals surface area (Å²) in [6, 6.07) is 7.29. The Morgan fingerprint density at radius 1 is 1.05 bits per heavy atom. The van der Waals surface area contributed by atoms with E-state index in [0.29, 0.717) is 18.6 Å². The van der Waals surface area contributed by atoms with Gasteiger partial charge in [0.25, 0.3) is 0 Å². The van der Waals surface area contributed by atoms with Crippen LogP contribution < -0.4 is 11.1 Å². The van der Waals surface area contributed by atoms with E-state index >= 15 is 0 Å². The zero-order valence-corrected chi connectivity index (χ0v) is 13.2. The average molecular weight is 263 g/mol. The van der Waals surface area contributed by atoms with Gasteiger partial charge in [-0.2, -0.15) is 0 Å². The summed E-state index contributed by atoms with van der Waals surface area (Å²) in [7, 11) is 0. The molecule has 0 aliphatic rings. The van der Waals surface area contributed by atoms with Crippen molar-refractivity contribution in [2.45, 2.75) is 59.8 Å². The zero-order valence-electron chi connectivity index (χ0n) is 13.2. The van der Waals surface area contributed by atoms with Gasteiger partial charge in [0, 0.05) is 24.3 Å². The molecule has 0 fully saturated rings. The number of anilines is 1. The highest BCUT2D eigenvalue weighted by atomic mass is 15.3. The molecule has 0 radical (unpaired) electrons. The third-order valence-electron chi connectivity index (χ3n) is 3.57. The molecule has 1 unspecified atom stereocenters. The van der Waals surface area contributed by atoms with Crippen LogP contribution in [0.25, 0.3) is 0 Å². The fraction of sp³-hybridized carbons (Fsp3) is 0.625. The quantitative estimate of drug-likeness (QED) is 0.775. The van der Waals surface area contributed by atoms with E-state index in [1.54, 1.807) is 0 Å². The van der Waals surface area contributed by atoms with Gasteiger partial charge in [-0.05, 0) is 52.7 Å². The fourth-order valence-corrected chi connectivity index (χ4v) is 2.78. The van der Waals surface area contributed by atoms with E-state index in [-0.39, 0.29) is 6.17 Å². The largest absolute Gasteiger partial charge is 0.368 e. The molecule has 1 aromatic rings. The topological polar surface area (TPSA) is 41.3 Å². The highest BCUT2D eigenvalue weighted by Crippen LogP contribution is 2.22. The Labute approximate surface area is 118 Å². The van der Waals surface area contributed by atoms with Crippen LogP contribution in [-0.4, -0.2) is 29.7 Å². The van der Waals surface area contributed by atoms with E-state index < -0.39 is 0 Å². The normalized spacial score (nSPS) is 13.4. The monoisotopic (exact) mass is 263 g/mol. The molecule has 3 nitrogen and oxygen atoms in total. The van der Waals surface area contributed by atoms with Crippen LogP contribution in [0.1, 0.15) is 38.8 Å². The molecule has 1 aromatic carbocycles. The molecule has 0 spiro atoms. The predicted molar refractivity (Wildman–Crippen MR) is 84.5 cm³/mol. The summed E-state index contributed by atoms with van der Waals surface area (Å²) in [5.41, 5.74) is 9.74. The Kier molecular flexibility index (Phi) is 5.83. The SMILES string of the molecule is Cc1cccc(C)c1NC(CN)N(C(C)C)C(C)C. The van der Waals surface area contributed by atoms with Crippen molar-refractivity contribution in [2.75, 3.05) is 11.9 Å². The van der Waals surface area contributed by atoms with Gasteiger partial charge in [-0.15, -0.1) is 0 Å². The maximum absolute atomic E-state index is 5.99. The molecular weight excluding hydrogens is 234 g/mol. The Morgan fingerprint density at radius 3 is 1.89 bits per heavy atom. The molecule has 0 aromatic heterocycles. The van der Waals surface area contributed by atoms with Gasteiger partial charge >= 0.3 is 0 Å². The Hall–Kier alpha value is -1.06. The second-order valence-corrected chi connectivity index (χ2v) is 5.80. The van der Waals surface area contributed by atoms with E-state index in [2.05, 4.69) is 70.0 Å². The van der Waals surface area contributed by atoms with Crippen LogP contribution in [0.4, 0.5) is 5.69 Å². The second kappa shape index (κ2) is 6.92. The summed E-state index contributed by atoms with van der Waals surface area (Å²) in [5, 5.41) is 3.63. The number of nitrogens with zero attached hydrogens (tertiary/aromatic N) is 1. The Bertz CT molecular complexity index is 371. The number of hydrogen-bond donors (Lipinski definition) is 2. The van der Waals surface area contributed by atoms with Crippen LogP contribution >= 0.6 is 0 Å². The number of nitrogens with one attached hydrogen (secondary N) is 1. The first-order chi connectivity index (χ1) is 8.88. The van der Waals surface area contributed by atoms with Crippen molar-refractivity contribution in [2.24, 2.45) is 5.73 Å². The first kappa shape index (κ1) is 16.0. The smallest absolute Gasteiger partial charge is 0.0923 e. The molecule has 1 rings (SSSR count). The Balaban J connectivity index is 2.98. The van der Waals surface area contributed by atoms with Gasteiger partial charge in [0.15, 0.2) is 0 Å². The highest BCUT2D eigenvalue weighted by molar-refractivity contribution is 5.57. The van der Waals surface area contributed by atoms with Crippen LogP contribution in [0.2, 0.25) is 0 Å². The number of hydrogen-bond acceptors (Lipinski definition) is 3. The van der Waals surface area contributed by atoms with Crippen LogP contribution in [-0.2, 0) is 0 Å². The maximum atomic E-state index is 5.99. The van der Waals surface area contributed by atoms with E-state index in [4.69, 9.17) is 5.73 Å². The molecule has 0 aliphatic heterocycles. The number of aryl methyl sites for hydroxylation is 2. The van der Waals surface area contributed by atoms with Crippen molar-refractivity contribution in [1.29, 1.82) is 0 Å². The molecule has 0 saturated heterocycles. The minimum Gasteiger partial charge on any atom is -0.368 e. The molecule has 0 amide bonds. The lowest BCUT2D eigenvalue weighted by atomic mass is 10.1. The first-order valence-corrected chi connectivity index (χ1v) is 7.18. The molecule has 3 heteroatoms. The molecule has 0 bridgehead atoms. The molecule has 108 valence electrons. The minimum absolute atomic E-state index is 0.166. The minimum atomic E-state index is 0.166. The summed E-state index contributed by atoms with van der Waals surface area (Å²) in [5.74, 6) is 0. The summed E-state index contributed by atoms with van der Waals surface area (Å²) in [6.07, 6.45) is 0.166. The standard InChI is InChI=1S/C16H29N3/c1-11(2)19(12(3)4)15(10-17)18-16-13(5)8-7-9-14(16)6/h7-9,11-12,15,18H,10,17H2,1-6H3.